The van der Waals surface area contributed by atoms with Crippen LogP contribution >= 0.6 is 0 Å². The molecule has 0 saturated carbocycles. The van der Waals surface area contributed by atoms with Crippen LogP contribution in [0.4, 0.5) is 5.82 Å². The minimum absolute atomic E-state index is 0.0814. The van der Waals surface area contributed by atoms with Crippen molar-refractivity contribution in [3.63, 3.8) is 0 Å². The summed E-state index contributed by atoms with van der Waals surface area (Å²) in [6.45, 7) is 4.63. The van der Waals surface area contributed by atoms with E-state index in [1.54, 1.807) is 0 Å². The topological polar surface area (TPSA) is 58.0 Å². The molecule has 0 bridgehead atoms. The van der Waals surface area contributed by atoms with E-state index in [1.807, 2.05) is 44.2 Å². The van der Waals surface area contributed by atoms with Crippen molar-refractivity contribution >= 4 is 5.82 Å². The van der Waals surface area contributed by atoms with Gasteiger partial charge in [-0.1, -0.05) is 24.3 Å². The van der Waals surface area contributed by atoms with Gasteiger partial charge in [0.2, 0.25) is 0 Å². The summed E-state index contributed by atoms with van der Waals surface area (Å²) in [6.07, 6.45) is 0. The lowest BCUT2D eigenvalue weighted by molar-refractivity contribution is 0.282. The molecule has 2 N–H and O–H groups in total. The Morgan fingerprint density at radius 2 is 1.72 bits per heavy atom. The van der Waals surface area contributed by atoms with Crippen LogP contribution in [0.3, 0.4) is 0 Å². The van der Waals surface area contributed by atoms with Crippen molar-refractivity contribution in [2.75, 3.05) is 5.32 Å². The number of aryl methyl sites for hydroxylation is 2. The highest BCUT2D eigenvalue weighted by molar-refractivity contribution is 5.37. The number of aromatic nitrogens is 2. The van der Waals surface area contributed by atoms with E-state index >= 15 is 0 Å². The van der Waals surface area contributed by atoms with Gasteiger partial charge in [-0.3, -0.25) is 0 Å². The fourth-order valence-electron chi connectivity index (χ4n) is 1.76. The molecule has 0 spiro atoms. The molecule has 2 aromatic rings. The maximum atomic E-state index is 8.96. The molecule has 0 amide bonds. The maximum absolute atomic E-state index is 8.96. The van der Waals surface area contributed by atoms with Gasteiger partial charge >= 0.3 is 0 Å². The van der Waals surface area contributed by atoms with Crippen LogP contribution in [0, 0.1) is 13.8 Å². The van der Waals surface area contributed by atoms with Crippen molar-refractivity contribution < 1.29 is 5.11 Å². The van der Waals surface area contributed by atoms with E-state index < -0.39 is 0 Å². The monoisotopic (exact) mass is 243 g/mol. The zero-order chi connectivity index (χ0) is 13.0. The number of benzene rings is 1. The van der Waals surface area contributed by atoms with Crippen molar-refractivity contribution in [1.82, 2.24) is 9.97 Å². The highest BCUT2D eigenvalue weighted by Crippen LogP contribution is 2.09. The number of anilines is 1. The third kappa shape index (κ3) is 3.28. The van der Waals surface area contributed by atoms with Crippen LogP contribution in [0.2, 0.25) is 0 Å². The lowest BCUT2D eigenvalue weighted by atomic mass is 10.1. The quantitative estimate of drug-likeness (QED) is 0.864. The molecule has 1 heterocycles. The Kier molecular flexibility index (Phi) is 3.89. The summed E-state index contributed by atoms with van der Waals surface area (Å²) < 4.78 is 0. The van der Waals surface area contributed by atoms with E-state index in [0.717, 1.165) is 28.5 Å². The van der Waals surface area contributed by atoms with Crippen LogP contribution in [0.25, 0.3) is 0 Å². The predicted octanol–water partition coefficient (Wildman–Crippen LogP) is 2.20. The fourth-order valence-corrected chi connectivity index (χ4v) is 1.76. The summed E-state index contributed by atoms with van der Waals surface area (Å²) in [5, 5.41) is 12.2. The van der Waals surface area contributed by atoms with E-state index in [1.165, 1.54) is 0 Å². The van der Waals surface area contributed by atoms with E-state index in [2.05, 4.69) is 15.3 Å². The number of aliphatic hydroxyl groups is 1. The van der Waals surface area contributed by atoms with Crippen LogP contribution in [-0.4, -0.2) is 15.1 Å². The molecule has 0 radical (unpaired) electrons. The van der Waals surface area contributed by atoms with Gasteiger partial charge in [-0.25, -0.2) is 9.97 Å². The number of nitrogens with zero attached hydrogens (tertiary/aromatic N) is 2. The minimum atomic E-state index is 0.0814. The number of nitrogens with one attached hydrogen (secondary N) is 1. The molecular formula is C14H17N3O. The summed E-state index contributed by atoms with van der Waals surface area (Å²) in [7, 11) is 0. The zero-order valence-electron chi connectivity index (χ0n) is 10.6. The molecule has 0 unspecified atom stereocenters. The number of aliphatic hydroxyl groups excluding tert-OH is 1. The average Bonchev–Trinajstić information content (AvgIpc) is 2.36. The summed E-state index contributed by atoms with van der Waals surface area (Å²) in [4.78, 5) is 8.55. The molecule has 1 aromatic heterocycles. The van der Waals surface area contributed by atoms with Crippen LogP contribution in [0.5, 0.6) is 0 Å². The van der Waals surface area contributed by atoms with Gasteiger partial charge in [-0.2, -0.15) is 0 Å². The van der Waals surface area contributed by atoms with Gasteiger partial charge in [0.1, 0.15) is 11.6 Å². The van der Waals surface area contributed by atoms with E-state index in [-0.39, 0.29) is 6.61 Å². The second-order valence-corrected chi connectivity index (χ2v) is 4.27. The smallest absolute Gasteiger partial charge is 0.130 e. The maximum Gasteiger partial charge on any atom is 0.130 e. The first-order valence-electron chi connectivity index (χ1n) is 5.92. The second kappa shape index (κ2) is 5.60. The van der Waals surface area contributed by atoms with Gasteiger partial charge in [0, 0.05) is 18.3 Å². The Bertz CT molecular complexity index is 503. The Labute approximate surface area is 107 Å². The normalized spacial score (nSPS) is 10.4. The molecule has 94 valence electrons. The third-order valence-corrected chi connectivity index (χ3v) is 2.65. The number of hydrogen-bond donors (Lipinski definition) is 2. The van der Waals surface area contributed by atoms with Gasteiger partial charge in [-0.05, 0) is 25.0 Å². The highest BCUT2D eigenvalue weighted by Gasteiger charge is 1.99. The second-order valence-electron chi connectivity index (χ2n) is 4.27. The Hall–Kier alpha value is -1.94. The summed E-state index contributed by atoms with van der Waals surface area (Å²) in [6, 6.07) is 9.77. The van der Waals surface area contributed by atoms with Crippen LogP contribution in [0.1, 0.15) is 22.6 Å². The molecule has 4 heteroatoms. The van der Waals surface area contributed by atoms with Gasteiger partial charge < -0.3 is 10.4 Å². The molecule has 0 aliphatic carbocycles. The predicted molar refractivity (Wildman–Crippen MR) is 71.2 cm³/mol. The molecule has 0 fully saturated rings. The summed E-state index contributed by atoms with van der Waals surface area (Å²) in [5.41, 5.74) is 3.04. The first kappa shape index (κ1) is 12.5. The molecule has 1 aromatic carbocycles. The molecule has 18 heavy (non-hydrogen) atoms. The van der Waals surface area contributed by atoms with E-state index in [4.69, 9.17) is 5.11 Å². The molecule has 0 atom stereocenters. The van der Waals surface area contributed by atoms with Crippen molar-refractivity contribution in [2.24, 2.45) is 0 Å². The molecule has 0 saturated heterocycles. The number of hydrogen-bond acceptors (Lipinski definition) is 4. The van der Waals surface area contributed by atoms with Crippen molar-refractivity contribution in [3.8, 4) is 0 Å². The molecular weight excluding hydrogens is 226 g/mol. The average molecular weight is 243 g/mol. The van der Waals surface area contributed by atoms with Gasteiger partial charge in [0.25, 0.3) is 0 Å². The van der Waals surface area contributed by atoms with E-state index in [9.17, 15) is 0 Å². The molecule has 2 rings (SSSR count). The first-order chi connectivity index (χ1) is 8.67. The zero-order valence-corrected chi connectivity index (χ0v) is 10.6. The van der Waals surface area contributed by atoms with Crippen LogP contribution in [-0.2, 0) is 13.2 Å². The third-order valence-electron chi connectivity index (χ3n) is 2.65. The first-order valence-corrected chi connectivity index (χ1v) is 5.92. The number of rotatable bonds is 4. The standard InChI is InChI=1S/C14H17N3O/c1-10-7-14(17-11(2)16-10)15-8-12-3-5-13(9-18)6-4-12/h3-7,18H,8-9H2,1-2H3,(H,15,16,17). The van der Waals surface area contributed by atoms with Crippen molar-refractivity contribution in [2.45, 2.75) is 27.0 Å². The van der Waals surface area contributed by atoms with E-state index in [0.29, 0.717) is 6.54 Å². The van der Waals surface area contributed by atoms with Gasteiger partial charge in [0.15, 0.2) is 0 Å². The lowest BCUT2D eigenvalue weighted by Gasteiger charge is -2.07. The van der Waals surface area contributed by atoms with Gasteiger partial charge in [0.05, 0.1) is 6.61 Å². The fraction of sp³-hybridized carbons (Fsp3) is 0.286. The SMILES string of the molecule is Cc1cc(NCc2ccc(CO)cc2)nc(C)n1. The van der Waals surface area contributed by atoms with Crippen molar-refractivity contribution in [3.05, 3.63) is 53.0 Å². The Balaban J connectivity index is 2.01. The highest BCUT2D eigenvalue weighted by atomic mass is 16.3. The Morgan fingerprint density at radius 3 is 2.33 bits per heavy atom. The summed E-state index contributed by atoms with van der Waals surface area (Å²) >= 11 is 0. The largest absolute Gasteiger partial charge is 0.392 e. The Morgan fingerprint density at radius 1 is 1.06 bits per heavy atom. The van der Waals surface area contributed by atoms with Crippen LogP contribution in [0.15, 0.2) is 30.3 Å². The van der Waals surface area contributed by atoms with Gasteiger partial charge in [-0.15, -0.1) is 0 Å². The molecule has 0 aliphatic heterocycles. The van der Waals surface area contributed by atoms with Crippen LogP contribution < -0.4 is 5.32 Å². The lowest BCUT2D eigenvalue weighted by Crippen LogP contribution is -2.04. The minimum Gasteiger partial charge on any atom is -0.392 e. The summed E-state index contributed by atoms with van der Waals surface area (Å²) in [5.74, 6) is 1.61. The molecule has 0 aliphatic rings. The molecule has 4 nitrogen and oxygen atoms in total. The van der Waals surface area contributed by atoms with Crippen molar-refractivity contribution in [1.29, 1.82) is 0 Å².